The molecule has 6 heteroatoms. The molecule has 2 aromatic carbocycles. The Bertz CT molecular complexity index is 574. The van der Waals surface area contributed by atoms with Crippen molar-refractivity contribution in [3.8, 4) is 0 Å². The van der Waals surface area contributed by atoms with Gasteiger partial charge >= 0.3 is 0 Å². The Morgan fingerprint density at radius 3 is 1.35 bits per heavy atom. The second-order valence-electron chi connectivity index (χ2n) is 6.51. The summed E-state index contributed by atoms with van der Waals surface area (Å²) in [4.78, 5) is 0. The summed E-state index contributed by atoms with van der Waals surface area (Å²) in [7, 11) is 0. The summed E-state index contributed by atoms with van der Waals surface area (Å²) in [6.45, 7) is 1.78. The largest absolute Gasteiger partial charge is 0.308 e. The fourth-order valence-electron chi connectivity index (χ4n) is 3.32. The zero-order chi connectivity index (χ0) is 16.8. The number of rotatable bonds is 6. The monoisotopic (exact) mass is 434 g/mol. The number of halogens is 4. The number of nitrogens with one attached hydrogen (secondary N) is 2. The van der Waals surface area contributed by atoms with Crippen LogP contribution in [0.4, 0.5) is 0 Å². The Labute approximate surface area is 178 Å². The van der Waals surface area contributed by atoms with Crippen molar-refractivity contribution in [2.45, 2.75) is 50.9 Å². The smallest absolute Gasteiger partial charge is 0.0406 e. The van der Waals surface area contributed by atoms with Crippen molar-refractivity contribution in [3.05, 3.63) is 69.7 Å². The van der Waals surface area contributed by atoms with E-state index in [9.17, 15) is 0 Å². The molecule has 2 nitrogen and oxygen atoms in total. The van der Waals surface area contributed by atoms with Gasteiger partial charge < -0.3 is 10.6 Å². The van der Waals surface area contributed by atoms with Crippen LogP contribution in [-0.4, -0.2) is 12.1 Å². The third-order valence-corrected chi connectivity index (χ3v) is 5.23. The first-order chi connectivity index (χ1) is 11.7. The standard InChI is InChI=1S/C20H24Cl2N2.2ClH/c21-17-9-5-15(6-10-17)13-23-19-3-1-2-4-20(19)24-14-16-7-11-18(22)12-8-16;;/h5-12,19-20,23-24H,1-4,13-14H2;2*1H/t19-,20-;;/m0../s1. The van der Waals surface area contributed by atoms with Gasteiger partial charge in [0.25, 0.3) is 0 Å². The highest BCUT2D eigenvalue weighted by Gasteiger charge is 2.24. The summed E-state index contributed by atoms with van der Waals surface area (Å²) in [6, 6.07) is 17.2. The highest BCUT2D eigenvalue weighted by Crippen LogP contribution is 2.20. The van der Waals surface area contributed by atoms with Gasteiger partial charge in [-0.05, 0) is 48.2 Å². The maximum Gasteiger partial charge on any atom is 0.0406 e. The first kappa shape index (κ1) is 23.6. The summed E-state index contributed by atoms with van der Waals surface area (Å²) in [5.41, 5.74) is 2.56. The molecule has 2 N–H and O–H groups in total. The van der Waals surface area contributed by atoms with Crippen molar-refractivity contribution in [1.29, 1.82) is 0 Å². The van der Waals surface area contributed by atoms with Crippen LogP contribution in [0.25, 0.3) is 0 Å². The molecule has 0 radical (unpaired) electrons. The van der Waals surface area contributed by atoms with E-state index in [2.05, 4.69) is 34.9 Å². The van der Waals surface area contributed by atoms with Gasteiger partial charge in [0.05, 0.1) is 0 Å². The van der Waals surface area contributed by atoms with Gasteiger partial charge in [-0.1, -0.05) is 60.3 Å². The van der Waals surface area contributed by atoms with Crippen LogP contribution in [0, 0.1) is 0 Å². The molecule has 1 aliphatic rings. The Balaban J connectivity index is 0.00000169. The molecular weight excluding hydrogens is 410 g/mol. The summed E-state index contributed by atoms with van der Waals surface area (Å²) in [5.74, 6) is 0. The molecule has 0 spiro atoms. The lowest BCUT2D eigenvalue weighted by molar-refractivity contribution is 0.281. The van der Waals surface area contributed by atoms with Crippen LogP contribution < -0.4 is 10.6 Å². The number of benzene rings is 2. The highest BCUT2D eigenvalue weighted by molar-refractivity contribution is 6.30. The molecule has 1 aliphatic carbocycles. The Morgan fingerprint density at radius 1 is 0.654 bits per heavy atom. The lowest BCUT2D eigenvalue weighted by Crippen LogP contribution is -2.49. The van der Waals surface area contributed by atoms with Crippen molar-refractivity contribution in [2.24, 2.45) is 0 Å². The minimum Gasteiger partial charge on any atom is -0.308 e. The van der Waals surface area contributed by atoms with E-state index in [1.807, 2.05) is 24.3 Å². The van der Waals surface area contributed by atoms with Gasteiger partial charge in [0, 0.05) is 35.2 Å². The zero-order valence-corrected chi connectivity index (χ0v) is 17.7. The van der Waals surface area contributed by atoms with E-state index in [0.717, 1.165) is 23.1 Å². The minimum absolute atomic E-state index is 0. The van der Waals surface area contributed by atoms with Gasteiger partial charge in [0.15, 0.2) is 0 Å². The molecule has 26 heavy (non-hydrogen) atoms. The zero-order valence-electron chi connectivity index (χ0n) is 14.6. The summed E-state index contributed by atoms with van der Waals surface area (Å²) in [6.07, 6.45) is 5.06. The second kappa shape index (κ2) is 12.1. The quantitative estimate of drug-likeness (QED) is 0.578. The summed E-state index contributed by atoms with van der Waals surface area (Å²) in [5, 5.41) is 9.03. The van der Waals surface area contributed by atoms with Gasteiger partial charge in [-0.2, -0.15) is 0 Å². The predicted molar refractivity (Wildman–Crippen MR) is 117 cm³/mol. The minimum atomic E-state index is 0. The maximum atomic E-state index is 5.95. The van der Waals surface area contributed by atoms with E-state index in [4.69, 9.17) is 23.2 Å². The SMILES string of the molecule is Cl.Cl.Clc1ccc(CN[C@H]2CCCC[C@@H]2NCc2ccc(Cl)cc2)cc1. The Hall–Kier alpha value is -0.480. The molecule has 0 heterocycles. The lowest BCUT2D eigenvalue weighted by atomic mass is 9.90. The number of hydrogen-bond acceptors (Lipinski definition) is 2. The third-order valence-electron chi connectivity index (χ3n) is 4.73. The van der Waals surface area contributed by atoms with Crippen LogP contribution in [-0.2, 0) is 13.1 Å². The molecule has 2 aromatic rings. The van der Waals surface area contributed by atoms with E-state index in [-0.39, 0.29) is 24.8 Å². The van der Waals surface area contributed by atoms with Gasteiger partial charge in [0.1, 0.15) is 0 Å². The van der Waals surface area contributed by atoms with Crippen LogP contribution in [0.2, 0.25) is 10.0 Å². The molecular formula is C20H26Cl4N2. The molecule has 0 aliphatic heterocycles. The molecule has 0 saturated heterocycles. The fourth-order valence-corrected chi connectivity index (χ4v) is 3.57. The van der Waals surface area contributed by atoms with E-state index >= 15 is 0 Å². The van der Waals surface area contributed by atoms with E-state index in [1.165, 1.54) is 36.8 Å². The van der Waals surface area contributed by atoms with Crippen molar-refractivity contribution in [3.63, 3.8) is 0 Å². The van der Waals surface area contributed by atoms with Gasteiger partial charge in [-0.3, -0.25) is 0 Å². The van der Waals surface area contributed by atoms with Crippen LogP contribution in [0.3, 0.4) is 0 Å². The second-order valence-corrected chi connectivity index (χ2v) is 7.39. The molecule has 0 amide bonds. The van der Waals surface area contributed by atoms with Crippen LogP contribution in [0.1, 0.15) is 36.8 Å². The fraction of sp³-hybridized carbons (Fsp3) is 0.400. The van der Waals surface area contributed by atoms with Crippen molar-refractivity contribution in [1.82, 2.24) is 10.6 Å². The molecule has 2 atom stereocenters. The van der Waals surface area contributed by atoms with Crippen LogP contribution in [0.5, 0.6) is 0 Å². The average Bonchev–Trinajstić information content (AvgIpc) is 2.61. The number of hydrogen-bond donors (Lipinski definition) is 2. The summed E-state index contributed by atoms with van der Waals surface area (Å²) >= 11 is 11.9. The highest BCUT2D eigenvalue weighted by atomic mass is 35.5. The van der Waals surface area contributed by atoms with Crippen molar-refractivity contribution in [2.75, 3.05) is 0 Å². The topological polar surface area (TPSA) is 24.1 Å². The first-order valence-electron chi connectivity index (χ1n) is 8.66. The van der Waals surface area contributed by atoms with E-state index < -0.39 is 0 Å². The van der Waals surface area contributed by atoms with Gasteiger partial charge in [0.2, 0.25) is 0 Å². The molecule has 1 fully saturated rings. The van der Waals surface area contributed by atoms with Crippen LogP contribution in [0.15, 0.2) is 48.5 Å². The normalized spacial score (nSPS) is 19.3. The Kier molecular flexibility index (Phi) is 10.9. The molecule has 0 bridgehead atoms. The first-order valence-corrected chi connectivity index (χ1v) is 9.42. The van der Waals surface area contributed by atoms with Crippen molar-refractivity contribution >= 4 is 48.0 Å². The molecule has 0 aromatic heterocycles. The molecule has 144 valence electrons. The lowest BCUT2D eigenvalue weighted by Gasteiger charge is -2.33. The molecule has 0 unspecified atom stereocenters. The average molecular weight is 436 g/mol. The van der Waals surface area contributed by atoms with Crippen LogP contribution >= 0.6 is 48.0 Å². The van der Waals surface area contributed by atoms with E-state index in [1.54, 1.807) is 0 Å². The van der Waals surface area contributed by atoms with Crippen molar-refractivity contribution < 1.29 is 0 Å². The maximum absolute atomic E-state index is 5.95. The Morgan fingerprint density at radius 2 is 1.00 bits per heavy atom. The predicted octanol–water partition coefficient (Wildman–Crippen LogP) is 6.03. The van der Waals surface area contributed by atoms with Gasteiger partial charge in [-0.25, -0.2) is 0 Å². The third kappa shape index (κ3) is 7.26. The molecule has 3 rings (SSSR count). The van der Waals surface area contributed by atoms with Gasteiger partial charge in [-0.15, -0.1) is 24.8 Å². The summed E-state index contributed by atoms with van der Waals surface area (Å²) < 4.78 is 0. The molecule has 1 saturated carbocycles. The van der Waals surface area contributed by atoms with E-state index in [0.29, 0.717) is 12.1 Å².